The van der Waals surface area contributed by atoms with E-state index in [1.54, 1.807) is 6.07 Å². The molecule has 0 radical (unpaired) electrons. The molecule has 27 heavy (non-hydrogen) atoms. The van der Waals surface area contributed by atoms with Gasteiger partial charge in [0, 0.05) is 32.7 Å². The number of hydrogen-bond donors (Lipinski definition) is 1. The highest BCUT2D eigenvalue weighted by atomic mass is 35.5. The van der Waals surface area contributed by atoms with Gasteiger partial charge in [0.2, 0.25) is 5.91 Å². The number of hydrogen-bond acceptors (Lipinski definition) is 5. The molecule has 0 saturated carbocycles. The Hall–Kier alpha value is -1.96. The highest BCUT2D eigenvalue weighted by molar-refractivity contribution is 5.85. The van der Waals surface area contributed by atoms with Crippen LogP contribution in [0.2, 0.25) is 0 Å². The van der Waals surface area contributed by atoms with Crippen molar-refractivity contribution < 1.29 is 9.53 Å². The van der Waals surface area contributed by atoms with Gasteiger partial charge in [0.1, 0.15) is 0 Å². The van der Waals surface area contributed by atoms with Crippen molar-refractivity contribution in [2.75, 3.05) is 26.2 Å². The summed E-state index contributed by atoms with van der Waals surface area (Å²) < 4.78 is 7.28. The number of aromatic nitrogens is 2. The van der Waals surface area contributed by atoms with Crippen LogP contribution in [0.25, 0.3) is 10.9 Å². The van der Waals surface area contributed by atoms with E-state index in [0.717, 1.165) is 19.3 Å². The molecule has 7 nitrogen and oxygen atoms in total. The Bertz CT molecular complexity index is 803. The molecule has 2 N–H and O–H groups in total. The van der Waals surface area contributed by atoms with Gasteiger partial charge in [0.15, 0.2) is 0 Å². The molecular weight excluding hydrogens is 368 g/mol. The van der Waals surface area contributed by atoms with Gasteiger partial charge in [-0.1, -0.05) is 12.1 Å². The summed E-state index contributed by atoms with van der Waals surface area (Å²) in [6, 6.07) is 7.25. The highest BCUT2D eigenvalue weighted by Crippen LogP contribution is 2.15. The molecule has 1 saturated heterocycles. The quantitative estimate of drug-likeness (QED) is 0.720. The lowest BCUT2D eigenvalue weighted by atomic mass is 10.1. The molecule has 0 bridgehead atoms. The third-order valence-electron chi connectivity index (χ3n) is 4.79. The summed E-state index contributed by atoms with van der Waals surface area (Å²) in [7, 11) is 0. The van der Waals surface area contributed by atoms with Gasteiger partial charge in [-0.3, -0.25) is 14.2 Å². The summed E-state index contributed by atoms with van der Waals surface area (Å²) in [5.41, 5.74) is 6.04. The number of likely N-dealkylation sites (tertiary alicyclic amines) is 1. The minimum absolute atomic E-state index is 0. The van der Waals surface area contributed by atoms with E-state index < -0.39 is 0 Å². The Kier molecular flexibility index (Phi) is 8.22. The summed E-state index contributed by atoms with van der Waals surface area (Å²) >= 11 is 0. The van der Waals surface area contributed by atoms with Crippen LogP contribution in [0, 0.1) is 0 Å². The lowest BCUT2D eigenvalue weighted by Crippen LogP contribution is -2.41. The minimum atomic E-state index is -0.101. The van der Waals surface area contributed by atoms with E-state index in [-0.39, 0.29) is 30.0 Å². The van der Waals surface area contributed by atoms with E-state index in [4.69, 9.17) is 10.5 Å². The number of amides is 1. The zero-order chi connectivity index (χ0) is 18.4. The first-order valence-corrected chi connectivity index (χ1v) is 9.22. The third kappa shape index (κ3) is 5.51. The van der Waals surface area contributed by atoms with Crippen molar-refractivity contribution in [2.45, 2.75) is 38.3 Å². The van der Waals surface area contributed by atoms with Crippen molar-refractivity contribution >= 4 is 29.2 Å². The number of aryl methyl sites for hydroxylation is 1. The van der Waals surface area contributed by atoms with Crippen LogP contribution < -0.4 is 11.3 Å². The van der Waals surface area contributed by atoms with E-state index in [1.165, 1.54) is 10.9 Å². The Morgan fingerprint density at radius 1 is 1.26 bits per heavy atom. The first-order valence-electron chi connectivity index (χ1n) is 9.22. The Morgan fingerprint density at radius 3 is 2.74 bits per heavy atom. The van der Waals surface area contributed by atoms with Gasteiger partial charge in [-0.05, 0) is 37.9 Å². The number of fused-ring (bicyclic) bond motifs is 1. The zero-order valence-corrected chi connectivity index (χ0v) is 16.2. The molecule has 0 aliphatic carbocycles. The number of ether oxygens (including phenoxy) is 1. The van der Waals surface area contributed by atoms with Gasteiger partial charge in [0.05, 0.1) is 23.3 Å². The third-order valence-corrected chi connectivity index (χ3v) is 4.79. The van der Waals surface area contributed by atoms with Crippen LogP contribution >= 0.6 is 12.4 Å². The number of carbonyl (C=O) groups is 1. The van der Waals surface area contributed by atoms with Gasteiger partial charge in [0.25, 0.3) is 5.56 Å². The maximum Gasteiger partial charge on any atom is 0.261 e. The predicted molar refractivity (Wildman–Crippen MR) is 107 cm³/mol. The van der Waals surface area contributed by atoms with Crippen LogP contribution in [0.1, 0.15) is 25.7 Å². The fourth-order valence-corrected chi connectivity index (χ4v) is 3.24. The molecule has 1 aromatic heterocycles. The molecule has 2 heterocycles. The number of rotatable bonds is 7. The van der Waals surface area contributed by atoms with Gasteiger partial charge in [-0.2, -0.15) is 0 Å². The molecule has 1 amide bonds. The minimum Gasteiger partial charge on any atom is -0.378 e. The highest BCUT2D eigenvalue weighted by Gasteiger charge is 2.23. The zero-order valence-electron chi connectivity index (χ0n) is 15.4. The number of carbonyl (C=O) groups excluding carboxylic acids is 1. The van der Waals surface area contributed by atoms with Crippen molar-refractivity contribution in [2.24, 2.45) is 5.73 Å². The number of benzene rings is 1. The molecule has 8 heteroatoms. The Labute approximate surface area is 164 Å². The van der Waals surface area contributed by atoms with Crippen LogP contribution in [0.15, 0.2) is 35.4 Å². The van der Waals surface area contributed by atoms with Crippen LogP contribution in [-0.4, -0.2) is 52.7 Å². The summed E-state index contributed by atoms with van der Waals surface area (Å²) in [6.07, 6.45) is 4.63. The second-order valence-electron chi connectivity index (χ2n) is 6.60. The molecule has 1 aromatic carbocycles. The average molecular weight is 395 g/mol. The van der Waals surface area contributed by atoms with Gasteiger partial charge in [-0.15, -0.1) is 12.4 Å². The fourth-order valence-electron chi connectivity index (χ4n) is 3.24. The van der Waals surface area contributed by atoms with Crippen molar-refractivity contribution in [3.8, 4) is 0 Å². The van der Waals surface area contributed by atoms with E-state index >= 15 is 0 Å². The molecule has 1 aliphatic rings. The molecule has 0 spiro atoms. The van der Waals surface area contributed by atoms with Crippen LogP contribution in [0.4, 0.5) is 0 Å². The molecule has 2 aromatic rings. The molecule has 148 valence electrons. The molecule has 3 rings (SSSR count). The lowest BCUT2D eigenvalue weighted by Gasteiger charge is -2.32. The Morgan fingerprint density at radius 2 is 2.00 bits per heavy atom. The number of nitrogens with zero attached hydrogens (tertiary/aromatic N) is 3. The van der Waals surface area contributed by atoms with Crippen LogP contribution in [0.5, 0.6) is 0 Å². The topological polar surface area (TPSA) is 90.4 Å². The van der Waals surface area contributed by atoms with E-state index in [2.05, 4.69) is 4.98 Å². The smallest absolute Gasteiger partial charge is 0.261 e. The summed E-state index contributed by atoms with van der Waals surface area (Å²) in [4.78, 5) is 31.1. The number of nitrogens with two attached hydrogens (primary N) is 1. The van der Waals surface area contributed by atoms with E-state index in [0.29, 0.717) is 50.1 Å². The maximum absolute atomic E-state index is 12.5. The standard InChI is InChI=1S/C19H26N4O3.ClH/c20-9-3-13-26-15-6-10-22(11-7-15)18(24)8-12-23-14-21-17-5-2-1-4-16(17)19(23)25;/h1-2,4-5,14-15H,3,6-13,20H2;1H. The van der Waals surface area contributed by atoms with E-state index in [1.807, 2.05) is 23.1 Å². The van der Waals surface area contributed by atoms with Crippen LogP contribution in [-0.2, 0) is 16.1 Å². The first kappa shape index (κ1) is 21.3. The monoisotopic (exact) mass is 394 g/mol. The molecule has 0 atom stereocenters. The molecule has 1 fully saturated rings. The normalized spacial score (nSPS) is 14.9. The maximum atomic E-state index is 12.5. The van der Waals surface area contributed by atoms with Gasteiger partial charge < -0.3 is 15.4 Å². The average Bonchev–Trinajstić information content (AvgIpc) is 2.68. The van der Waals surface area contributed by atoms with E-state index in [9.17, 15) is 9.59 Å². The fraction of sp³-hybridized carbons (Fsp3) is 0.526. The lowest BCUT2D eigenvalue weighted by molar-refractivity contribution is -0.134. The summed E-state index contributed by atoms with van der Waals surface area (Å²) in [6.45, 7) is 3.09. The van der Waals surface area contributed by atoms with Crippen molar-refractivity contribution in [1.82, 2.24) is 14.5 Å². The largest absolute Gasteiger partial charge is 0.378 e. The molecule has 1 aliphatic heterocycles. The van der Waals surface area contributed by atoms with Gasteiger partial charge in [-0.25, -0.2) is 4.98 Å². The first-order chi connectivity index (χ1) is 12.7. The Balaban J connectivity index is 0.00000261. The van der Waals surface area contributed by atoms with Crippen LogP contribution in [0.3, 0.4) is 0 Å². The van der Waals surface area contributed by atoms with Crippen molar-refractivity contribution in [1.29, 1.82) is 0 Å². The molecule has 0 unspecified atom stereocenters. The van der Waals surface area contributed by atoms with Gasteiger partial charge >= 0.3 is 0 Å². The number of piperidine rings is 1. The second-order valence-corrected chi connectivity index (χ2v) is 6.60. The summed E-state index contributed by atoms with van der Waals surface area (Å²) in [5, 5.41) is 0.581. The number of para-hydroxylation sites is 1. The predicted octanol–water partition coefficient (Wildman–Crippen LogP) is 1.56. The SMILES string of the molecule is Cl.NCCCOC1CCN(C(=O)CCn2cnc3ccccc3c2=O)CC1. The number of halogens is 1. The second kappa shape index (κ2) is 10.4. The summed E-state index contributed by atoms with van der Waals surface area (Å²) in [5.74, 6) is 0.0745. The van der Waals surface area contributed by atoms with Crippen molar-refractivity contribution in [3.05, 3.63) is 40.9 Å². The molecular formula is C19H27ClN4O3. The van der Waals surface area contributed by atoms with Crippen molar-refractivity contribution in [3.63, 3.8) is 0 Å².